The largest absolute Gasteiger partial charge is 0.399 e. The summed E-state index contributed by atoms with van der Waals surface area (Å²) in [6.07, 6.45) is 0.227. The predicted molar refractivity (Wildman–Crippen MR) is 66.7 cm³/mol. The number of hydrogen-bond donors (Lipinski definition) is 2. The van der Waals surface area contributed by atoms with Crippen LogP contribution in [0.1, 0.15) is 12.5 Å². The van der Waals surface area contributed by atoms with Crippen LogP contribution in [0.2, 0.25) is 0 Å². The number of nitrogens with two attached hydrogens (primary N) is 1. The summed E-state index contributed by atoms with van der Waals surface area (Å²) in [4.78, 5) is 0. The van der Waals surface area contributed by atoms with E-state index in [-0.39, 0.29) is 6.10 Å². The van der Waals surface area contributed by atoms with E-state index in [9.17, 15) is 0 Å². The lowest BCUT2D eigenvalue weighted by molar-refractivity contribution is 0.117. The van der Waals surface area contributed by atoms with Gasteiger partial charge in [-0.3, -0.25) is 0 Å². The highest BCUT2D eigenvalue weighted by atomic mass is 79.9. The normalized spacial score (nSPS) is 12.7. The Kier molecular flexibility index (Phi) is 5.08. The van der Waals surface area contributed by atoms with Gasteiger partial charge in [0.2, 0.25) is 0 Å². The summed E-state index contributed by atoms with van der Waals surface area (Å²) < 4.78 is 6.22. The molecule has 0 spiro atoms. The number of hydrogen-bond acceptors (Lipinski definition) is 3. The fraction of sp³-hybridized carbons (Fsp3) is 0.455. The van der Waals surface area contributed by atoms with Crippen LogP contribution in [0, 0.1) is 0 Å². The third kappa shape index (κ3) is 4.20. The fourth-order valence-electron chi connectivity index (χ4n) is 1.22. The Hall–Kier alpha value is -0.580. The van der Waals surface area contributed by atoms with E-state index in [4.69, 9.17) is 10.5 Å². The van der Waals surface area contributed by atoms with Crippen molar-refractivity contribution in [1.82, 2.24) is 5.32 Å². The Morgan fingerprint density at radius 3 is 2.93 bits per heavy atom. The maximum atomic E-state index is 5.71. The molecule has 1 rings (SSSR count). The molecule has 3 nitrogen and oxygen atoms in total. The van der Waals surface area contributed by atoms with Crippen LogP contribution < -0.4 is 11.1 Å². The Balaban J connectivity index is 2.46. The van der Waals surface area contributed by atoms with Gasteiger partial charge in [-0.1, -0.05) is 15.9 Å². The monoisotopic (exact) mass is 272 g/mol. The minimum atomic E-state index is 0.227. The summed E-state index contributed by atoms with van der Waals surface area (Å²) in [5, 5.41) is 3.31. The molecule has 15 heavy (non-hydrogen) atoms. The minimum Gasteiger partial charge on any atom is -0.399 e. The van der Waals surface area contributed by atoms with Crippen LogP contribution in [0.3, 0.4) is 0 Å². The van der Waals surface area contributed by atoms with E-state index in [2.05, 4.69) is 21.2 Å². The molecule has 0 saturated carbocycles. The second-order valence-electron chi connectivity index (χ2n) is 3.53. The van der Waals surface area contributed by atoms with Gasteiger partial charge in [-0.2, -0.15) is 0 Å². The lowest BCUT2D eigenvalue weighted by Crippen LogP contribution is -2.25. The highest BCUT2D eigenvalue weighted by Gasteiger charge is 2.02. The second kappa shape index (κ2) is 6.10. The Morgan fingerprint density at radius 2 is 2.27 bits per heavy atom. The predicted octanol–water partition coefficient (Wildman–Crippen LogP) is 2.16. The molecule has 84 valence electrons. The lowest BCUT2D eigenvalue weighted by atomic mass is 10.2. The average molecular weight is 273 g/mol. The molecule has 0 radical (unpaired) electrons. The SMILES string of the molecule is COC(C)CNCc1cc(N)ccc1Br. The standard InChI is InChI=1S/C11H17BrN2O/c1-8(15-2)6-14-7-9-5-10(13)3-4-11(9)12/h3-5,8,14H,6-7,13H2,1-2H3. The molecule has 1 aromatic rings. The van der Waals surface area contributed by atoms with Crippen LogP contribution in [-0.4, -0.2) is 19.8 Å². The summed E-state index contributed by atoms with van der Waals surface area (Å²) in [6.45, 7) is 3.65. The second-order valence-corrected chi connectivity index (χ2v) is 4.38. The van der Waals surface area contributed by atoms with E-state index in [0.29, 0.717) is 0 Å². The first-order chi connectivity index (χ1) is 7.13. The molecule has 1 aromatic carbocycles. The van der Waals surface area contributed by atoms with Crippen LogP contribution in [-0.2, 0) is 11.3 Å². The smallest absolute Gasteiger partial charge is 0.0667 e. The van der Waals surface area contributed by atoms with Crippen molar-refractivity contribution in [2.75, 3.05) is 19.4 Å². The van der Waals surface area contributed by atoms with Crippen molar-refractivity contribution >= 4 is 21.6 Å². The van der Waals surface area contributed by atoms with Crippen LogP contribution in [0.25, 0.3) is 0 Å². The Labute approximate surface area is 99.1 Å². The molecule has 0 aliphatic heterocycles. The number of halogens is 1. The van der Waals surface area contributed by atoms with Gasteiger partial charge in [-0.25, -0.2) is 0 Å². The third-order valence-electron chi connectivity index (χ3n) is 2.22. The van der Waals surface area contributed by atoms with Crippen molar-refractivity contribution in [3.05, 3.63) is 28.2 Å². The molecule has 0 amide bonds. The number of benzene rings is 1. The summed E-state index contributed by atoms with van der Waals surface area (Å²) in [5.41, 5.74) is 7.66. The van der Waals surface area contributed by atoms with Gasteiger partial charge in [0.1, 0.15) is 0 Å². The van der Waals surface area contributed by atoms with Gasteiger partial charge in [-0.15, -0.1) is 0 Å². The van der Waals surface area contributed by atoms with Gasteiger partial charge in [0, 0.05) is 30.4 Å². The van der Waals surface area contributed by atoms with Gasteiger partial charge >= 0.3 is 0 Å². The minimum absolute atomic E-state index is 0.227. The molecule has 0 aromatic heterocycles. The van der Waals surface area contributed by atoms with E-state index in [0.717, 1.165) is 23.2 Å². The molecule has 0 fully saturated rings. The van der Waals surface area contributed by atoms with E-state index >= 15 is 0 Å². The van der Waals surface area contributed by atoms with Gasteiger partial charge in [-0.05, 0) is 30.7 Å². The lowest BCUT2D eigenvalue weighted by Gasteiger charge is -2.11. The van der Waals surface area contributed by atoms with Crippen LogP contribution in [0.15, 0.2) is 22.7 Å². The number of nitrogen functional groups attached to an aromatic ring is 1. The first kappa shape index (κ1) is 12.5. The number of methoxy groups -OCH3 is 1. The van der Waals surface area contributed by atoms with Crippen molar-refractivity contribution in [2.24, 2.45) is 0 Å². The van der Waals surface area contributed by atoms with Crippen molar-refractivity contribution in [1.29, 1.82) is 0 Å². The zero-order valence-corrected chi connectivity index (χ0v) is 10.7. The number of nitrogens with one attached hydrogen (secondary N) is 1. The van der Waals surface area contributed by atoms with E-state index < -0.39 is 0 Å². The molecule has 3 N–H and O–H groups in total. The summed E-state index contributed by atoms with van der Waals surface area (Å²) in [6, 6.07) is 5.81. The van der Waals surface area contributed by atoms with Gasteiger partial charge in [0.05, 0.1) is 6.10 Å². The Bertz CT molecular complexity index is 317. The zero-order chi connectivity index (χ0) is 11.3. The highest BCUT2D eigenvalue weighted by molar-refractivity contribution is 9.10. The Morgan fingerprint density at radius 1 is 1.53 bits per heavy atom. The molecule has 4 heteroatoms. The van der Waals surface area contributed by atoms with Gasteiger partial charge in [0.15, 0.2) is 0 Å². The summed E-state index contributed by atoms with van der Waals surface area (Å²) in [5.74, 6) is 0. The maximum Gasteiger partial charge on any atom is 0.0667 e. The van der Waals surface area contributed by atoms with Crippen molar-refractivity contribution in [3.8, 4) is 0 Å². The zero-order valence-electron chi connectivity index (χ0n) is 9.09. The summed E-state index contributed by atoms with van der Waals surface area (Å²) >= 11 is 3.49. The molecular weight excluding hydrogens is 256 g/mol. The molecule has 0 aliphatic rings. The topological polar surface area (TPSA) is 47.3 Å². The first-order valence-electron chi connectivity index (χ1n) is 4.91. The third-order valence-corrected chi connectivity index (χ3v) is 2.99. The van der Waals surface area contributed by atoms with Crippen LogP contribution >= 0.6 is 15.9 Å². The van der Waals surface area contributed by atoms with Crippen LogP contribution in [0.4, 0.5) is 5.69 Å². The molecule has 1 atom stereocenters. The van der Waals surface area contributed by atoms with E-state index in [1.165, 1.54) is 5.56 Å². The summed E-state index contributed by atoms with van der Waals surface area (Å²) in [7, 11) is 1.71. The number of anilines is 1. The molecule has 0 heterocycles. The van der Waals surface area contributed by atoms with Gasteiger partial charge in [0.25, 0.3) is 0 Å². The van der Waals surface area contributed by atoms with Crippen LogP contribution in [0.5, 0.6) is 0 Å². The molecule has 0 saturated heterocycles. The highest BCUT2D eigenvalue weighted by Crippen LogP contribution is 2.19. The molecular formula is C11H17BrN2O. The molecule has 0 bridgehead atoms. The molecule has 1 unspecified atom stereocenters. The average Bonchev–Trinajstić information content (AvgIpc) is 2.23. The van der Waals surface area contributed by atoms with E-state index in [1.807, 2.05) is 25.1 Å². The van der Waals surface area contributed by atoms with Crippen molar-refractivity contribution in [2.45, 2.75) is 19.6 Å². The maximum absolute atomic E-state index is 5.71. The van der Waals surface area contributed by atoms with Gasteiger partial charge < -0.3 is 15.8 Å². The number of ether oxygens (including phenoxy) is 1. The van der Waals surface area contributed by atoms with Crippen molar-refractivity contribution in [3.63, 3.8) is 0 Å². The number of rotatable bonds is 5. The first-order valence-corrected chi connectivity index (χ1v) is 5.70. The van der Waals surface area contributed by atoms with E-state index in [1.54, 1.807) is 7.11 Å². The fourth-order valence-corrected chi connectivity index (χ4v) is 1.61. The molecule has 0 aliphatic carbocycles. The quantitative estimate of drug-likeness (QED) is 0.808. The van der Waals surface area contributed by atoms with Crippen molar-refractivity contribution < 1.29 is 4.74 Å².